The third kappa shape index (κ3) is 4.12. The van der Waals surface area contributed by atoms with E-state index in [1.54, 1.807) is 0 Å². The van der Waals surface area contributed by atoms with Gasteiger partial charge >= 0.3 is 12.2 Å². The van der Waals surface area contributed by atoms with Crippen molar-refractivity contribution in [2.75, 3.05) is 0 Å². The first-order valence-electron chi connectivity index (χ1n) is 8.88. The molecule has 6 nitrogen and oxygen atoms in total. The van der Waals surface area contributed by atoms with E-state index in [0.717, 1.165) is 7.05 Å². The topological polar surface area (TPSA) is 81.2 Å². The van der Waals surface area contributed by atoms with Gasteiger partial charge < -0.3 is 5.73 Å². The van der Waals surface area contributed by atoms with Gasteiger partial charge in [-0.3, -0.25) is 14.5 Å². The Bertz CT molecular complexity index is 1090. The van der Waals surface area contributed by atoms with E-state index in [9.17, 15) is 31.5 Å². The molecule has 1 heterocycles. The number of halogens is 8. The Morgan fingerprint density at radius 1 is 1.25 bits per heavy atom. The van der Waals surface area contributed by atoms with Gasteiger partial charge in [0.25, 0.3) is 5.91 Å². The monoisotopic (exact) mass is 486 g/mol. The summed E-state index contributed by atoms with van der Waals surface area (Å²) < 4.78 is 99.9. The molecule has 1 aromatic carbocycles. The van der Waals surface area contributed by atoms with Crippen LogP contribution in [0.3, 0.4) is 0 Å². The van der Waals surface area contributed by atoms with Gasteiger partial charge in [-0.25, -0.2) is 9.07 Å². The predicted octanol–water partition coefficient (Wildman–Crippen LogP) is 3.73. The lowest BCUT2D eigenvalue weighted by molar-refractivity contribution is -0.154. The number of nitrogens with zero attached hydrogens (tertiary/aromatic N) is 3. The molecular weight excluding hydrogens is 473 g/mol. The van der Waals surface area contributed by atoms with Crippen molar-refractivity contribution in [3.8, 4) is 0 Å². The summed E-state index contributed by atoms with van der Waals surface area (Å²) in [6, 6.07) is -3.33. The van der Waals surface area contributed by atoms with Crippen LogP contribution in [0.2, 0.25) is 5.02 Å². The molecule has 32 heavy (non-hydrogen) atoms. The van der Waals surface area contributed by atoms with E-state index in [4.69, 9.17) is 17.3 Å². The highest BCUT2D eigenvalue weighted by Crippen LogP contribution is 2.51. The Morgan fingerprint density at radius 3 is 2.34 bits per heavy atom. The fourth-order valence-corrected chi connectivity index (χ4v) is 3.47. The van der Waals surface area contributed by atoms with Crippen LogP contribution in [0.25, 0.3) is 0 Å². The molecule has 0 aliphatic heterocycles. The highest BCUT2D eigenvalue weighted by atomic mass is 35.5. The molecular formula is C18H14ClF7N4O2. The molecule has 2 unspecified atom stereocenters. The van der Waals surface area contributed by atoms with Gasteiger partial charge in [0.05, 0.1) is 29.2 Å². The number of benzene rings is 1. The summed E-state index contributed by atoms with van der Waals surface area (Å²) in [6.07, 6.45) is -5.05. The normalized spacial score (nSPS) is 18.5. The van der Waals surface area contributed by atoms with Gasteiger partial charge in [0.15, 0.2) is 0 Å². The fourth-order valence-electron chi connectivity index (χ4n) is 3.29. The lowest BCUT2D eigenvalue weighted by atomic mass is 10.0. The Balaban J connectivity index is 2.13. The number of primary amides is 1. The second-order valence-corrected chi connectivity index (χ2v) is 7.60. The Kier molecular flexibility index (Phi) is 5.91. The Labute approximate surface area is 180 Å². The highest BCUT2D eigenvalue weighted by Gasteiger charge is 2.62. The Hall–Kier alpha value is -2.83. The number of rotatable bonds is 6. The van der Waals surface area contributed by atoms with Crippen LogP contribution >= 0.6 is 11.6 Å². The molecule has 1 aromatic heterocycles. The number of carbonyl (C=O) groups excluding carboxylic acids is 2. The number of aromatic nitrogens is 2. The average molecular weight is 487 g/mol. The van der Waals surface area contributed by atoms with E-state index in [1.807, 2.05) is 0 Å². The summed E-state index contributed by atoms with van der Waals surface area (Å²) in [5.74, 6) is -9.11. The van der Waals surface area contributed by atoms with Crippen molar-refractivity contribution in [3.63, 3.8) is 0 Å². The zero-order valence-corrected chi connectivity index (χ0v) is 16.8. The molecule has 2 aromatic rings. The van der Waals surface area contributed by atoms with Crippen LogP contribution in [0.4, 0.5) is 30.7 Å². The number of hydrogen-bond donors (Lipinski definition) is 1. The maximum atomic E-state index is 15.2. The molecule has 174 valence electrons. The van der Waals surface area contributed by atoms with Crippen LogP contribution in [-0.4, -0.2) is 32.5 Å². The van der Waals surface area contributed by atoms with Crippen molar-refractivity contribution < 1.29 is 40.3 Å². The quantitative estimate of drug-likeness (QED) is 0.499. The standard InChI is InChI=1S/C18H14ClF7N4O2/c1-29-14(21)8(5-28-29)16(32)30(18(25,26)11-4-7(11)15(27)31)6-9-10(17(22,23)24)2-3-12(19)13(9)20/h2-3,5,7,11H,4,6H2,1H3,(H2,27,31). The summed E-state index contributed by atoms with van der Waals surface area (Å²) in [7, 11) is 1.05. The van der Waals surface area contributed by atoms with Crippen LogP contribution in [0, 0.1) is 23.6 Å². The van der Waals surface area contributed by atoms with Crippen molar-refractivity contribution in [3.05, 3.63) is 51.8 Å². The van der Waals surface area contributed by atoms with E-state index in [0.29, 0.717) is 23.0 Å². The second kappa shape index (κ2) is 7.94. The lowest BCUT2D eigenvalue weighted by Gasteiger charge is -2.32. The van der Waals surface area contributed by atoms with Gasteiger partial charge in [-0.05, 0) is 18.6 Å². The van der Waals surface area contributed by atoms with Gasteiger partial charge in [-0.15, -0.1) is 0 Å². The van der Waals surface area contributed by atoms with E-state index in [1.165, 1.54) is 0 Å². The second-order valence-electron chi connectivity index (χ2n) is 7.19. The predicted molar refractivity (Wildman–Crippen MR) is 95.2 cm³/mol. The SMILES string of the molecule is Cn1ncc(C(=O)N(Cc2c(C(F)(F)F)ccc(Cl)c2F)C(F)(F)C2CC2C(N)=O)c1F. The first-order valence-corrected chi connectivity index (χ1v) is 9.26. The largest absolute Gasteiger partial charge is 0.416 e. The summed E-state index contributed by atoms with van der Waals surface area (Å²) in [5.41, 5.74) is 1.02. The Morgan fingerprint density at radius 2 is 1.88 bits per heavy atom. The van der Waals surface area contributed by atoms with Crippen LogP contribution in [-0.2, 0) is 24.6 Å². The zero-order chi connectivity index (χ0) is 24.2. The van der Waals surface area contributed by atoms with E-state index in [2.05, 4.69) is 5.10 Å². The van der Waals surface area contributed by atoms with Crippen LogP contribution < -0.4 is 5.73 Å². The first-order chi connectivity index (χ1) is 14.7. The molecule has 2 N–H and O–H groups in total. The molecule has 1 fully saturated rings. The van der Waals surface area contributed by atoms with Gasteiger partial charge in [0, 0.05) is 18.5 Å². The summed E-state index contributed by atoms with van der Waals surface area (Å²) >= 11 is 5.53. The van der Waals surface area contributed by atoms with Gasteiger partial charge in [0.2, 0.25) is 11.9 Å². The molecule has 3 rings (SSSR count). The van der Waals surface area contributed by atoms with Crippen molar-refractivity contribution in [1.29, 1.82) is 0 Å². The minimum atomic E-state index is -5.18. The maximum absolute atomic E-state index is 15.2. The first kappa shape index (κ1) is 23.8. The lowest BCUT2D eigenvalue weighted by Crippen LogP contribution is -2.48. The minimum absolute atomic E-state index is 0.371. The molecule has 14 heteroatoms. The van der Waals surface area contributed by atoms with Gasteiger partial charge in [-0.2, -0.15) is 31.4 Å². The van der Waals surface area contributed by atoms with E-state index >= 15 is 8.78 Å². The van der Waals surface area contributed by atoms with Crippen molar-refractivity contribution >= 4 is 23.4 Å². The van der Waals surface area contributed by atoms with Crippen LogP contribution in [0.5, 0.6) is 0 Å². The van der Waals surface area contributed by atoms with Gasteiger partial charge in [-0.1, -0.05) is 11.6 Å². The van der Waals surface area contributed by atoms with Crippen molar-refractivity contribution in [1.82, 2.24) is 14.7 Å². The van der Waals surface area contributed by atoms with Crippen LogP contribution in [0.15, 0.2) is 18.3 Å². The average Bonchev–Trinajstić information content (AvgIpc) is 3.43. The highest BCUT2D eigenvalue weighted by molar-refractivity contribution is 6.30. The molecule has 1 saturated carbocycles. The molecule has 0 radical (unpaired) electrons. The molecule has 2 amide bonds. The number of aryl methyl sites for hydroxylation is 1. The fraction of sp³-hybridized carbons (Fsp3) is 0.389. The van der Waals surface area contributed by atoms with Crippen LogP contribution in [0.1, 0.15) is 27.9 Å². The number of hydrogen-bond acceptors (Lipinski definition) is 3. The third-order valence-electron chi connectivity index (χ3n) is 5.12. The van der Waals surface area contributed by atoms with Gasteiger partial charge in [0.1, 0.15) is 11.4 Å². The molecule has 0 saturated heterocycles. The molecule has 0 spiro atoms. The third-order valence-corrected chi connectivity index (χ3v) is 5.41. The summed E-state index contributed by atoms with van der Waals surface area (Å²) in [6.45, 7) is -1.62. The summed E-state index contributed by atoms with van der Waals surface area (Å²) in [5, 5.41) is 2.59. The number of alkyl halides is 5. The maximum Gasteiger partial charge on any atom is 0.416 e. The molecule has 1 aliphatic carbocycles. The van der Waals surface area contributed by atoms with E-state index in [-0.39, 0.29) is 0 Å². The molecule has 1 aliphatic rings. The number of nitrogens with two attached hydrogens (primary N) is 1. The number of amides is 2. The smallest absolute Gasteiger partial charge is 0.369 e. The van der Waals surface area contributed by atoms with Crippen molar-refractivity contribution in [2.24, 2.45) is 24.6 Å². The minimum Gasteiger partial charge on any atom is -0.369 e. The number of carbonyl (C=O) groups is 2. The van der Waals surface area contributed by atoms with Crippen molar-refractivity contribution in [2.45, 2.75) is 25.2 Å². The summed E-state index contributed by atoms with van der Waals surface area (Å²) in [4.78, 5) is 23.6. The van der Waals surface area contributed by atoms with E-state index < -0.39 is 87.2 Å². The molecule has 0 bridgehead atoms. The zero-order valence-electron chi connectivity index (χ0n) is 16.1. The molecule has 2 atom stereocenters.